The normalized spacial score (nSPS) is 14.7. The number of nitrogens with one attached hydrogen (secondary N) is 1. The van der Waals surface area contributed by atoms with Gasteiger partial charge in [0.25, 0.3) is 17.5 Å². The molecule has 1 unspecified atom stereocenters. The van der Waals surface area contributed by atoms with Crippen LogP contribution >= 0.6 is 11.6 Å². The molecular weight excluding hydrogens is 402 g/mol. The summed E-state index contributed by atoms with van der Waals surface area (Å²) in [5, 5.41) is 13.7. The standard InChI is InChI=1S/C19H24ClN3O6/c1-5-13(21-18(26)29-19(2,3)4)16(24)22(11-9-10-11)17(25)15-12(20)7-6-8-14(15)23(27)28/h6-8,11,13H,5,9-10H2,1-4H3,(H,21,26). The summed E-state index contributed by atoms with van der Waals surface area (Å²) in [6, 6.07) is 2.47. The SMILES string of the molecule is CCC(NC(=O)OC(C)(C)C)C(=O)N(C(=O)c1c(Cl)cccc1[N+](=O)[O-])C1CC1. The molecule has 2 rings (SSSR count). The van der Waals surface area contributed by atoms with Crippen molar-refractivity contribution in [3.63, 3.8) is 0 Å². The molecule has 1 aliphatic rings. The van der Waals surface area contributed by atoms with Gasteiger partial charge >= 0.3 is 6.09 Å². The van der Waals surface area contributed by atoms with Gasteiger partial charge in [-0.3, -0.25) is 24.6 Å². The number of nitro groups is 1. The summed E-state index contributed by atoms with van der Waals surface area (Å²) in [6.07, 6.45) is 0.584. The fraction of sp³-hybridized carbons (Fsp3) is 0.526. The lowest BCUT2D eigenvalue weighted by Gasteiger charge is -2.27. The summed E-state index contributed by atoms with van der Waals surface area (Å²) in [7, 11) is 0. The number of carbonyl (C=O) groups is 3. The van der Waals surface area contributed by atoms with Gasteiger partial charge in [0.2, 0.25) is 0 Å². The zero-order chi connectivity index (χ0) is 21.9. The van der Waals surface area contributed by atoms with Gasteiger partial charge in [-0.2, -0.15) is 0 Å². The Morgan fingerprint density at radius 1 is 1.34 bits per heavy atom. The van der Waals surface area contributed by atoms with Crippen LogP contribution in [0.1, 0.15) is 57.3 Å². The zero-order valence-corrected chi connectivity index (χ0v) is 17.5. The van der Waals surface area contributed by atoms with Crippen molar-refractivity contribution in [2.24, 2.45) is 0 Å². The monoisotopic (exact) mass is 425 g/mol. The molecule has 1 aliphatic carbocycles. The predicted molar refractivity (Wildman–Crippen MR) is 106 cm³/mol. The molecule has 158 valence electrons. The quantitative estimate of drug-likeness (QED) is 0.548. The van der Waals surface area contributed by atoms with Crippen LogP contribution in [0.3, 0.4) is 0 Å². The van der Waals surface area contributed by atoms with Crippen molar-refractivity contribution in [2.45, 2.75) is 64.6 Å². The van der Waals surface area contributed by atoms with Crippen molar-refractivity contribution in [1.29, 1.82) is 0 Å². The van der Waals surface area contributed by atoms with Crippen molar-refractivity contribution in [2.75, 3.05) is 0 Å². The molecule has 0 bridgehead atoms. The van der Waals surface area contributed by atoms with Crippen LogP contribution in [0, 0.1) is 10.1 Å². The minimum Gasteiger partial charge on any atom is -0.444 e. The van der Waals surface area contributed by atoms with Crippen LogP contribution in [0.2, 0.25) is 5.02 Å². The lowest BCUT2D eigenvalue weighted by Crippen LogP contribution is -2.52. The maximum atomic E-state index is 13.1. The van der Waals surface area contributed by atoms with E-state index < -0.39 is 40.2 Å². The van der Waals surface area contributed by atoms with E-state index in [0.29, 0.717) is 12.8 Å². The number of alkyl carbamates (subject to hydrolysis) is 1. The average Bonchev–Trinajstić information content (AvgIpc) is 3.42. The number of imide groups is 1. The first kappa shape index (κ1) is 22.6. The van der Waals surface area contributed by atoms with Gasteiger partial charge in [-0.25, -0.2) is 4.79 Å². The van der Waals surface area contributed by atoms with E-state index in [0.717, 1.165) is 11.0 Å². The van der Waals surface area contributed by atoms with E-state index >= 15 is 0 Å². The highest BCUT2D eigenvalue weighted by molar-refractivity contribution is 6.35. The van der Waals surface area contributed by atoms with Crippen molar-refractivity contribution in [1.82, 2.24) is 10.2 Å². The first-order valence-electron chi connectivity index (χ1n) is 9.26. The smallest absolute Gasteiger partial charge is 0.408 e. The van der Waals surface area contributed by atoms with Gasteiger partial charge in [0.05, 0.1) is 9.95 Å². The first-order chi connectivity index (χ1) is 13.5. The first-order valence-corrected chi connectivity index (χ1v) is 9.63. The molecule has 10 heteroatoms. The van der Waals surface area contributed by atoms with Gasteiger partial charge < -0.3 is 10.1 Å². The Morgan fingerprint density at radius 2 is 1.97 bits per heavy atom. The number of nitrogens with zero attached hydrogens (tertiary/aromatic N) is 2. The van der Waals surface area contributed by atoms with E-state index in [1.165, 1.54) is 12.1 Å². The van der Waals surface area contributed by atoms with Gasteiger partial charge in [-0.1, -0.05) is 24.6 Å². The van der Waals surface area contributed by atoms with E-state index in [1.807, 2.05) is 0 Å². The van der Waals surface area contributed by atoms with Gasteiger partial charge in [0.1, 0.15) is 17.2 Å². The van der Waals surface area contributed by atoms with Crippen LogP contribution in [0.15, 0.2) is 18.2 Å². The Hall–Kier alpha value is -2.68. The summed E-state index contributed by atoms with van der Waals surface area (Å²) < 4.78 is 5.17. The lowest BCUT2D eigenvalue weighted by molar-refractivity contribution is -0.385. The summed E-state index contributed by atoms with van der Waals surface area (Å²) in [6.45, 7) is 6.73. The number of nitro benzene ring substituents is 1. The number of hydrogen-bond donors (Lipinski definition) is 1. The maximum Gasteiger partial charge on any atom is 0.408 e. The molecule has 1 fully saturated rings. The molecule has 1 aromatic carbocycles. The molecule has 0 saturated heterocycles. The van der Waals surface area contributed by atoms with Crippen LogP contribution in [0.25, 0.3) is 0 Å². The average molecular weight is 426 g/mol. The second-order valence-electron chi connectivity index (χ2n) is 7.74. The van der Waals surface area contributed by atoms with Crippen LogP contribution in [0.5, 0.6) is 0 Å². The van der Waals surface area contributed by atoms with Crippen LogP contribution < -0.4 is 5.32 Å². The predicted octanol–water partition coefficient (Wildman–Crippen LogP) is 3.68. The highest BCUT2D eigenvalue weighted by Crippen LogP contribution is 2.34. The van der Waals surface area contributed by atoms with Gasteiger partial charge in [0.15, 0.2) is 0 Å². The second-order valence-corrected chi connectivity index (χ2v) is 8.15. The van der Waals surface area contributed by atoms with Crippen LogP contribution in [-0.2, 0) is 9.53 Å². The van der Waals surface area contributed by atoms with Crippen molar-refractivity contribution < 1.29 is 24.0 Å². The van der Waals surface area contributed by atoms with Gasteiger partial charge in [-0.15, -0.1) is 0 Å². The molecule has 0 aliphatic heterocycles. The molecule has 1 N–H and O–H groups in total. The number of carbonyl (C=O) groups excluding carboxylic acids is 3. The van der Waals surface area contributed by atoms with Crippen molar-refractivity contribution in [3.05, 3.63) is 38.9 Å². The summed E-state index contributed by atoms with van der Waals surface area (Å²) in [4.78, 5) is 49.9. The molecule has 29 heavy (non-hydrogen) atoms. The van der Waals surface area contributed by atoms with E-state index in [2.05, 4.69) is 5.32 Å². The molecule has 0 heterocycles. The Kier molecular flexibility index (Phi) is 6.84. The van der Waals surface area contributed by atoms with Crippen molar-refractivity contribution in [3.8, 4) is 0 Å². The minimum atomic E-state index is -1.02. The number of rotatable bonds is 6. The third-order valence-electron chi connectivity index (χ3n) is 4.17. The number of hydrogen-bond acceptors (Lipinski definition) is 6. The largest absolute Gasteiger partial charge is 0.444 e. The lowest BCUT2D eigenvalue weighted by atomic mass is 10.1. The molecule has 3 amide bonds. The molecule has 1 saturated carbocycles. The van der Waals surface area contributed by atoms with E-state index in [-0.39, 0.29) is 23.0 Å². The number of halogens is 1. The van der Waals surface area contributed by atoms with Crippen LogP contribution in [0.4, 0.5) is 10.5 Å². The molecule has 0 aromatic heterocycles. The van der Waals surface area contributed by atoms with Gasteiger partial charge in [-0.05, 0) is 46.1 Å². The maximum absolute atomic E-state index is 13.1. The summed E-state index contributed by atoms with van der Waals surface area (Å²) in [5.41, 5.74) is -1.57. The number of benzene rings is 1. The fourth-order valence-corrected chi connectivity index (χ4v) is 2.98. The molecule has 1 aromatic rings. The zero-order valence-electron chi connectivity index (χ0n) is 16.7. The second kappa shape index (κ2) is 8.77. The molecule has 0 spiro atoms. The van der Waals surface area contributed by atoms with Crippen molar-refractivity contribution >= 4 is 35.2 Å². The third kappa shape index (κ3) is 5.66. The van der Waals surface area contributed by atoms with E-state index in [9.17, 15) is 24.5 Å². The Morgan fingerprint density at radius 3 is 2.45 bits per heavy atom. The number of amides is 3. The molecule has 1 atom stereocenters. The summed E-state index contributed by atoms with van der Waals surface area (Å²) >= 11 is 6.06. The van der Waals surface area contributed by atoms with E-state index in [4.69, 9.17) is 16.3 Å². The Labute approximate surface area is 173 Å². The molecule has 0 radical (unpaired) electrons. The van der Waals surface area contributed by atoms with Gasteiger partial charge in [0, 0.05) is 12.1 Å². The molecular formula is C19H24ClN3O6. The summed E-state index contributed by atoms with van der Waals surface area (Å²) in [5.74, 6) is -1.50. The Bertz CT molecular complexity index is 832. The van der Waals surface area contributed by atoms with E-state index in [1.54, 1.807) is 27.7 Å². The highest BCUT2D eigenvalue weighted by Gasteiger charge is 2.43. The molecule has 9 nitrogen and oxygen atoms in total. The highest BCUT2D eigenvalue weighted by atomic mass is 35.5. The fourth-order valence-electron chi connectivity index (χ4n) is 2.73. The minimum absolute atomic E-state index is 0.115. The third-order valence-corrected chi connectivity index (χ3v) is 4.48. The topological polar surface area (TPSA) is 119 Å². The number of ether oxygens (including phenoxy) is 1. The Balaban J connectivity index is 2.32. The van der Waals surface area contributed by atoms with Crippen LogP contribution in [-0.4, -0.2) is 45.4 Å².